The minimum absolute atomic E-state index is 0.361. The van der Waals surface area contributed by atoms with E-state index < -0.39 is 29.3 Å². The molecule has 0 saturated carbocycles. The third-order valence-corrected chi connectivity index (χ3v) is 6.55. The van der Waals surface area contributed by atoms with E-state index in [-0.39, 0.29) is 11.8 Å². The zero-order valence-corrected chi connectivity index (χ0v) is 25.4. The predicted molar refractivity (Wildman–Crippen MR) is 158 cm³/mol. The van der Waals surface area contributed by atoms with Gasteiger partial charge >= 0.3 is 6.09 Å². The van der Waals surface area contributed by atoms with E-state index in [1.54, 1.807) is 68.8 Å². The molecular weight excluding hydrogens is 514 g/mol. The molecule has 8 nitrogen and oxygen atoms in total. The Morgan fingerprint density at radius 1 is 0.974 bits per heavy atom. The third-order valence-electron chi connectivity index (χ3n) is 5.91. The number of aryl methyl sites for hydroxylation is 1. The molecule has 0 aliphatic carbocycles. The summed E-state index contributed by atoms with van der Waals surface area (Å²) >= 11 is 1.57. The average molecular weight is 558 g/mol. The number of thioether (sulfide) groups is 1. The van der Waals surface area contributed by atoms with Gasteiger partial charge in [0.05, 0.1) is 7.11 Å². The van der Waals surface area contributed by atoms with E-state index >= 15 is 0 Å². The molecule has 0 spiro atoms. The van der Waals surface area contributed by atoms with Crippen LogP contribution in [0.5, 0.6) is 5.75 Å². The molecule has 9 heteroatoms. The van der Waals surface area contributed by atoms with Crippen molar-refractivity contribution in [1.29, 1.82) is 0 Å². The van der Waals surface area contributed by atoms with Crippen molar-refractivity contribution in [2.24, 2.45) is 0 Å². The highest BCUT2D eigenvalue weighted by Gasteiger charge is 2.42. The van der Waals surface area contributed by atoms with Crippen LogP contribution >= 0.6 is 11.8 Å². The zero-order valence-electron chi connectivity index (χ0n) is 24.6. The maximum atomic E-state index is 14.3. The first kappa shape index (κ1) is 32.0. The quantitative estimate of drug-likeness (QED) is 0.374. The molecule has 0 bridgehead atoms. The fraction of sp³-hybridized carbons (Fsp3) is 0.500. The number of alkyl carbamates (subject to hydrolysis) is 1. The molecular formula is C30H43N3O5S. The van der Waals surface area contributed by atoms with Crippen LogP contribution in [0.15, 0.2) is 48.5 Å². The zero-order chi connectivity index (χ0) is 29.4. The Balaban J connectivity index is 2.56. The van der Waals surface area contributed by atoms with Gasteiger partial charge in [-0.1, -0.05) is 24.3 Å². The first-order chi connectivity index (χ1) is 18.2. The summed E-state index contributed by atoms with van der Waals surface area (Å²) < 4.78 is 10.7. The Labute approximate surface area is 237 Å². The highest BCUT2D eigenvalue weighted by Crippen LogP contribution is 2.33. The molecule has 3 amide bonds. The van der Waals surface area contributed by atoms with Gasteiger partial charge in [0, 0.05) is 11.2 Å². The van der Waals surface area contributed by atoms with E-state index in [1.165, 1.54) is 0 Å². The summed E-state index contributed by atoms with van der Waals surface area (Å²) in [6, 6.07) is 12.7. The number of carbonyl (C=O) groups is 3. The van der Waals surface area contributed by atoms with Gasteiger partial charge in [-0.25, -0.2) is 4.79 Å². The SMILES string of the molecule is COc1ccc(NC(=O)C(c2ccccc2C)N(C(=O)C(CCSC)NC(=O)OC(C)(C)C)C(C)(C)C)cc1. The van der Waals surface area contributed by atoms with Crippen molar-refractivity contribution in [3.8, 4) is 5.75 Å². The van der Waals surface area contributed by atoms with Gasteiger partial charge in [0.25, 0.3) is 5.91 Å². The lowest BCUT2D eigenvalue weighted by molar-refractivity contribution is -0.146. The van der Waals surface area contributed by atoms with Crippen LogP contribution in [0.4, 0.5) is 10.5 Å². The first-order valence-electron chi connectivity index (χ1n) is 13.0. The summed E-state index contributed by atoms with van der Waals surface area (Å²) in [4.78, 5) is 42.6. The van der Waals surface area contributed by atoms with Gasteiger partial charge in [-0.15, -0.1) is 0 Å². The van der Waals surface area contributed by atoms with Crippen LogP contribution < -0.4 is 15.4 Å². The number of anilines is 1. The van der Waals surface area contributed by atoms with E-state index in [1.807, 2.05) is 58.2 Å². The molecule has 0 fully saturated rings. The number of methoxy groups -OCH3 is 1. The molecule has 2 rings (SSSR count). The lowest BCUT2D eigenvalue weighted by Gasteiger charge is -2.43. The normalized spacial score (nSPS) is 13.2. The van der Waals surface area contributed by atoms with Crippen molar-refractivity contribution >= 4 is 35.4 Å². The Bertz CT molecular complexity index is 1120. The summed E-state index contributed by atoms with van der Waals surface area (Å²) in [5, 5.41) is 5.75. The van der Waals surface area contributed by atoms with Gasteiger partial charge in [0.2, 0.25) is 5.91 Å². The monoisotopic (exact) mass is 557 g/mol. The number of carbonyl (C=O) groups excluding carboxylic acids is 3. The molecule has 2 unspecified atom stereocenters. The van der Waals surface area contributed by atoms with Gasteiger partial charge in [-0.05, 0) is 102 Å². The number of hydrogen-bond donors (Lipinski definition) is 2. The number of amides is 3. The summed E-state index contributed by atoms with van der Waals surface area (Å²) in [7, 11) is 1.58. The summed E-state index contributed by atoms with van der Waals surface area (Å²) in [5.74, 6) is 0.580. The minimum atomic E-state index is -0.960. The van der Waals surface area contributed by atoms with Crippen LogP contribution in [0.1, 0.15) is 65.1 Å². The maximum Gasteiger partial charge on any atom is 0.408 e. The third kappa shape index (κ3) is 9.49. The Hall–Kier alpha value is -3.20. The van der Waals surface area contributed by atoms with E-state index in [0.29, 0.717) is 29.2 Å². The van der Waals surface area contributed by atoms with Crippen LogP contribution in [0.25, 0.3) is 0 Å². The molecule has 0 aliphatic heterocycles. The molecule has 0 heterocycles. The van der Waals surface area contributed by atoms with Crippen molar-refractivity contribution < 1.29 is 23.9 Å². The second-order valence-corrected chi connectivity index (χ2v) is 12.3. The molecule has 0 saturated heterocycles. The average Bonchev–Trinajstić information content (AvgIpc) is 2.83. The Kier molecular flexibility index (Phi) is 11.3. The van der Waals surface area contributed by atoms with Crippen molar-refractivity contribution in [2.75, 3.05) is 24.4 Å². The smallest absolute Gasteiger partial charge is 0.408 e. The number of nitrogens with one attached hydrogen (secondary N) is 2. The first-order valence-corrected chi connectivity index (χ1v) is 14.4. The van der Waals surface area contributed by atoms with Gasteiger partial charge in [-0.3, -0.25) is 9.59 Å². The molecule has 2 N–H and O–H groups in total. The second-order valence-electron chi connectivity index (χ2n) is 11.3. The number of ether oxygens (including phenoxy) is 2. The molecule has 0 aliphatic rings. The largest absolute Gasteiger partial charge is 0.497 e. The molecule has 0 aromatic heterocycles. The lowest BCUT2D eigenvalue weighted by Crippen LogP contribution is -2.58. The number of rotatable bonds is 10. The minimum Gasteiger partial charge on any atom is -0.497 e. The predicted octanol–water partition coefficient (Wildman–Crippen LogP) is 5.96. The fourth-order valence-corrected chi connectivity index (χ4v) is 4.60. The summed E-state index contributed by atoms with van der Waals surface area (Å²) in [6.45, 7) is 12.9. The Morgan fingerprint density at radius 2 is 1.59 bits per heavy atom. The summed E-state index contributed by atoms with van der Waals surface area (Å²) in [6.07, 6.45) is 1.65. The molecule has 2 aromatic carbocycles. The lowest BCUT2D eigenvalue weighted by atomic mass is 9.92. The van der Waals surface area contributed by atoms with Crippen LogP contribution in [-0.4, -0.2) is 59.1 Å². The number of nitrogens with zero attached hydrogens (tertiary/aromatic N) is 1. The van der Waals surface area contributed by atoms with Gasteiger partial charge < -0.3 is 25.0 Å². The number of hydrogen-bond acceptors (Lipinski definition) is 6. The van der Waals surface area contributed by atoms with Crippen LogP contribution in [0.3, 0.4) is 0 Å². The standard InChI is InChI=1S/C30H43N3O5S/c1-20-12-10-11-13-23(20)25(26(34)31-21-14-16-22(37-8)17-15-21)33(29(2,3)4)27(35)24(18-19-39-9)32-28(36)38-30(5,6)7/h10-17,24-25H,18-19H2,1-9H3,(H,31,34)(H,32,36). The Morgan fingerprint density at radius 3 is 2.10 bits per heavy atom. The van der Waals surface area contributed by atoms with Gasteiger partial charge in [-0.2, -0.15) is 11.8 Å². The molecule has 2 atom stereocenters. The second kappa shape index (κ2) is 13.7. The van der Waals surface area contributed by atoms with E-state index in [2.05, 4.69) is 10.6 Å². The van der Waals surface area contributed by atoms with Crippen LogP contribution in [0.2, 0.25) is 0 Å². The topological polar surface area (TPSA) is 97.0 Å². The molecule has 214 valence electrons. The molecule has 0 radical (unpaired) electrons. The highest BCUT2D eigenvalue weighted by molar-refractivity contribution is 7.98. The van der Waals surface area contributed by atoms with Crippen molar-refractivity contribution in [3.05, 3.63) is 59.7 Å². The maximum absolute atomic E-state index is 14.3. The fourth-order valence-electron chi connectivity index (χ4n) is 4.13. The van der Waals surface area contributed by atoms with Gasteiger partial charge in [0.15, 0.2) is 0 Å². The van der Waals surface area contributed by atoms with Crippen LogP contribution in [-0.2, 0) is 14.3 Å². The van der Waals surface area contributed by atoms with Gasteiger partial charge in [0.1, 0.15) is 23.4 Å². The van der Waals surface area contributed by atoms with Crippen molar-refractivity contribution in [3.63, 3.8) is 0 Å². The van der Waals surface area contributed by atoms with Crippen LogP contribution in [0, 0.1) is 6.92 Å². The van der Waals surface area contributed by atoms with E-state index in [4.69, 9.17) is 9.47 Å². The summed E-state index contributed by atoms with van der Waals surface area (Å²) in [5.41, 5.74) is 0.659. The van der Waals surface area contributed by atoms with E-state index in [0.717, 1.165) is 5.56 Å². The van der Waals surface area contributed by atoms with Crippen molar-refractivity contribution in [2.45, 2.75) is 78.1 Å². The number of benzene rings is 2. The van der Waals surface area contributed by atoms with E-state index in [9.17, 15) is 14.4 Å². The molecule has 2 aromatic rings. The molecule has 39 heavy (non-hydrogen) atoms. The van der Waals surface area contributed by atoms with Crippen molar-refractivity contribution in [1.82, 2.24) is 10.2 Å². The highest BCUT2D eigenvalue weighted by atomic mass is 32.2.